The van der Waals surface area contributed by atoms with Crippen molar-refractivity contribution in [1.82, 2.24) is 10.3 Å². The van der Waals surface area contributed by atoms with Crippen LogP contribution in [-0.4, -0.2) is 24.7 Å². The maximum atomic E-state index is 5.03. The molecule has 0 saturated heterocycles. The number of nitrogens with one attached hydrogen (secondary N) is 1. The van der Waals surface area contributed by atoms with Gasteiger partial charge in [-0.3, -0.25) is 0 Å². The summed E-state index contributed by atoms with van der Waals surface area (Å²) in [5, 5.41) is 3.37. The standard InChI is InChI=1S/C9H16N2OS/c1-7(5-12-3)10-4-9-8(2)11-6-13-9/h6-7,10H,4-5H2,1-3H3/t7-/m1/s1. The van der Waals surface area contributed by atoms with Gasteiger partial charge in [0.1, 0.15) is 0 Å². The number of aromatic nitrogens is 1. The molecule has 0 aliphatic carbocycles. The van der Waals surface area contributed by atoms with E-state index in [0.29, 0.717) is 6.04 Å². The highest BCUT2D eigenvalue weighted by Crippen LogP contribution is 2.11. The molecule has 0 saturated carbocycles. The average molecular weight is 200 g/mol. The Morgan fingerprint density at radius 2 is 2.46 bits per heavy atom. The number of nitrogens with zero attached hydrogens (tertiary/aromatic N) is 1. The number of hydrogen-bond acceptors (Lipinski definition) is 4. The Labute approximate surface area is 83.1 Å². The van der Waals surface area contributed by atoms with E-state index in [1.165, 1.54) is 4.88 Å². The molecule has 0 radical (unpaired) electrons. The Bertz CT molecular complexity index is 250. The van der Waals surface area contributed by atoms with Gasteiger partial charge in [0.05, 0.1) is 17.8 Å². The van der Waals surface area contributed by atoms with Crippen LogP contribution < -0.4 is 5.32 Å². The van der Waals surface area contributed by atoms with E-state index >= 15 is 0 Å². The van der Waals surface area contributed by atoms with Crippen LogP contribution in [0.3, 0.4) is 0 Å². The van der Waals surface area contributed by atoms with Crippen molar-refractivity contribution in [3.05, 3.63) is 16.1 Å². The minimum atomic E-state index is 0.395. The molecule has 4 heteroatoms. The summed E-state index contributed by atoms with van der Waals surface area (Å²) in [6.45, 7) is 5.78. The van der Waals surface area contributed by atoms with Gasteiger partial charge in [0.15, 0.2) is 0 Å². The first-order valence-electron chi connectivity index (χ1n) is 4.35. The zero-order valence-electron chi connectivity index (χ0n) is 8.33. The molecule has 0 aliphatic rings. The van der Waals surface area contributed by atoms with Crippen molar-refractivity contribution in [2.75, 3.05) is 13.7 Å². The molecule has 13 heavy (non-hydrogen) atoms. The molecule has 0 unspecified atom stereocenters. The second kappa shape index (κ2) is 5.32. The fraction of sp³-hybridized carbons (Fsp3) is 0.667. The van der Waals surface area contributed by atoms with Crippen molar-refractivity contribution in [2.45, 2.75) is 26.4 Å². The monoisotopic (exact) mass is 200 g/mol. The van der Waals surface area contributed by atoms with Crippen LogP contribution in [0, 0.1) is 6.92 Å². The van der Waals surface area contributed by atoms with Crippen molar-refractivity contribution in [1.29, 1.82) is 0 Å². The molecule has 1 N–H and O–H groups in total. The normalized spacial score (nSPS) is 13.2. The van der Waals surface area contributed by atoms with Crippen LogP contribution >= 0.6 is 11.3 Å². The second-order valence-corrected chi connectivity index (χ2v) is 4.04. The molecule has 0 amide bonds. The third-order valence-electron chi connectivity index (χ3n) is 1.87. The zero-order valence-corrected chi connectivity index (χ0v) is 9.15. The van der Waals surface area contributed by atoms with Gasteiger partial charge in [-0.05, 0) is 13.8 Å². The highest BCUT2D eigenvalue weighted by molar-refractivity contribution is 7.09. The summed E-state index contributed by atoms with van der Waals surface area (Å²) in [7, 11) is 1.72. The van der Waals surface area contributed by atoms with Crippen LogP contribution in [0.4, 0.5) is 0 Å². The maximum absolute atomic E-state index is 5.03. The molecule has 1 aromatic rings. The van der Waals surface area contributed by atoms with Crippen LogP contribution in [0.25, 0.3) is 0 Å². The van der Waals surface area contributed by atoms with Crippen molar-refractivity contribution in [3.8, 4) is 0 Å². The van der Waals surface area contributed by atoms with Crippen LogP contribution in [0.5, 0.6) is 0 Å². The SMILES string of the molecule is COC[C@@H](C)NCc1scnc1C. The van der Waals surface area contributed by atoms with Crippen LogP contribution in [0.2, 0.25) is 0 Å². The van der Waals surface area contributed by atoms with Crippen molar-refractivity contribution in [2.24, 2.45) is 0 Å². The molecule has 1 rings (SSSR count). The molecule has 0 aliphatic heterocycles. The van der Waals surface area contributed by atoms with Gasteiger partial charge in [0, 0.05) is 24.6 Å². The molecule has 1 aromatic heterocycles. The summed E-state index contributed by atoms with van der Waals surface area (Å²) >= 11 is 1.70. The van der Waals surface area contributed by atoms with E-state index in [1.54, 1.807) is 18.4 Å². The zero-order chi connectivity index (χ0) is 9.68. The minimum Gasteiger partial charge on any atom is -0.383 e. The molecule has 3 nitrogen and oxygen atoms in total. The minimum absolute atomic E-state index is 0.395. The maximum Gasteiger partial charge on any atom is 0.0798 e. The van der Waals surface area contributed by atoms with Gasteiger partial charge in [-0.25, -0.2) is 4.98 Å². The smallest absolute Gasteiger partial charge is 0.0798 e. The van der Waals surface area contributed by atoms with Gasteiger partial charge in [-0.15, -0.1) is 11.3 Å². The highest BCUT2D eigenvalue weighted by atomic mass is 32.1. The molecule has 74 valence electrons. The second-order valence-electron chi connectivity index (χ2n) is 3.10. The average Bonchev–Trinajstić information content (AvgIpc) is 2.48. The largest absolute Gasteiger partial charge is 0.383 e. The first kappa shape index (κ1) is 10.6. The van der Waals surface area contributed by atoms with E-state index < -0.39 is 0 Å². The van der Waals surface area contributed by atoms with Crippen molar-refractivity contribution in [3.63, 3.8) is 0 Å². The first-order chi connectivity index (χ1) is 6.24. The Morgan fingerprint density at radius 1 is 1.69 bits per heavy atom. The number of hydrogen-bond donors (Lipinski definition) is 1. The number of ether oxygens (including phenoxy) is 1. The van der Waals surface area contributed by atoms with Crippen LogP contribution in [0.15, 0.2) is 5.51 Å². The lowest BCUT2D eigenvalue weighted by molar-refractivity contribution is 0.172. The number of thiazole rings is 1. The summed E-state index contributed by atoms with van der Waals surface area (Å²) in [6, 6.07) is 0.395. The molecule has 1 atom stereocenters. The molecule has 0 spiro atoms. The fourth-order valence-corrected chi connectivity index (χ4v) is 1.80. The molecular weight excluding hydrogens is 184 g/mol. The molecule has 0 bridgehead atoms. The van der Waals surface area contributed by atoms with Gasteiger partial charge in [0.25, 0.3) is 0 Å². The van der Waals surface area contributed by atoms with E-state index in [4.69, 9.17) is 4.74 Å². The van der Waals surface area contributed by atoms with Gasteiger partial charge < -0.3 is 10.1 Å². The van der Waals surface area contributed by atoms with Crippen molar-refractivity contribution >= 4 is 11.3 Å². The van der Waals surface area contributed by atoms with Crippen molar-refractivity contribution < 1.29 is 4.74 Å². The first-order valence-corrected chi connectivity index (χ1v) is 5.23. The summed E-state index contributed by atoms with van der Waals surface area (Å²) in [6.07, 6.45) is 0. The lowest BCUT2D eigenvalue weighted by Crippen LogP contribution is -2.29. The Kier molecular flexibility index (Phi) is 4.35. The van der Waals surface area contributed by atoms with E-state index in [0.717, 1.165) is 18.8 Å². The topological polar surface area (TPSA) is 34.1 Å². The Morgan fingerprint density at radius 3 is 3.00 bits per heavy atom. The summed E-state index contributed by atoms with van der Waals surface area (Å²) in [4.78, 5) is 5.50. The molecular formula is C9H16N2OS. The summed E-state index contributed by atoms with van der Waals surface area (Å²) in [5.74, 6) is 0. The van der Waals surface area contributed by atoms with Gasteiger partial charge in [-0.2, -0.15) is 0 Å². The highest BCUT2D eigenvalue weighted by Gasteiger charge is 2.03. The van der Waals surface area contributed by atoms with Gasteiger partial charge >= 0.3 is 0 Å². The van der Waals surface area contributed by atoms with E-state index in [-0.39, 0.29) is 0 Å². The number of aryl methyl sites for hydroxylation is 1. The fourth-order valence-electron chi connectivity index (χ4n) is 1.07. The number of methoxy groups -OCH3 is 1. The predicted molar refractivity (Wildman–Crippen MR) is 55.0 cm³/mol. The number of rotatable bonds is 5. The van der Waals surface area contributed by atoms with E-state index in [9.17, 15) is 0 Å². The Balaban J connectivity index is 2.30. The summed E-state index contributed by atoms with van der Waals surface area (Å²) < 4.78 is 5.03. The van der Waals surface area contributed by atoms with Gasteiger partial charge in [-0.1, -0.05) is 0 Å². The van der Waals surface area contributed by atoms with Crippen LogP contribution in [0.1, 0.15) is 17.5 Å². The van der Waals surface area contributed by atoms with E-state index in [1.807, 2.05) is 12.4 Å². The molecule has 1 heterocycles. The van der Waals surface area contributed by atoms with Gasteiger partial charge in [0.2, 0.25) is 0 Å². The summed E-state index contributed by atoms with van der Waals surface area (Å²) in [5.41, 5.74) is 3.01. The molecule has 0 fully saturated rings. The quantitative estimate of drug-likeness (QED) is 0.783. The third kappa shape index (κ3) is 3.42. The molecule has 0 aromatic carbocycles. The lowest BCUT2D eigenvalue weighted by Gasteiger charge is -2.11. The predicted octanol–water partition coefficient (Wildman–Crippen LogP) is 1.58. The third-order valence-corrected chi connectivity index (χ3v) is 2.81. The lowest BCUT2D eigenvalue weighted by atomic mass is 10.3. The van der Waals surface area contributed by atoms with E-state index in [2.05, 4.69) is 17.2 Å². The van der Waals surface area contributed by atoms with Crippen LogP contribution in [-0.2, 0) is 11.3 Å². The Hall–Kier alpha value is -0.450.